The smallest absolute Gasteiger partial charge is 0.207 e. The van der Waals surface area contributed by atoms with E-state index in [4.69, 9.17) is 0 Å². The second kappa shape index (κ2) is 8.87. The summed E-state index contributed by atoms with van der Waals surface area (Å²) < 4.78 is 0. The molecule has 72 valence electrons. The number of carbonyl (C=O) groups is 1. The number of carbonyl (C=O) groups excluding carboxylic acids is 1. The van der Waals surface area contributed by atoms with Gasteiger partial charge >= 0.3 is 0 Å². The molecule has 0 saturated heterocycles. The van der Waals surface area contributed by atoms with E-state index < -0.39 is 0 Å². The third kappa shape index (κ3) is 6.49. The monoisotopic (exact) mass is 190 g/mol. The van der Waals surface area contributed by atoms with E-state index in [9.17, 15) is 4.79 Å². The molecule has 0 aromatic carbocycles. The molecule has 0 rings (SSSR count). The summed E-state index contributed by atoms with van der Waals surface area (Å²) in [5.74, 6) is 0.876. The highest BCUT2D eigenvalue weighted by molar-refractivity contribution is 7.80. The van der Waals surface area contributed by atoms with E-state index >= 15 is 0 Å². The van der Waals surface area contributed by atoms with Crippen molar-refractivity contribution in [1.82, 2.24) is 10.2 Å². The van der Waals surface area contributed by atoms with Crippen molar-refractivity contribution in [3.05, 3.63) is 0 Å². The Morgan fingerprint density at radius 2 is 2.17 bits per heavy atom. The van der Waals surface area contributed by atoms with Crippen molar-refractivity contribution < 1.29 is 4.79 Å². The summed E-state index contributed by atoms with van der Waals surface area (Å²) in [6, 6.07) is 0. The second-order valence-corrected chi connectivity index (χ2v) is 3.08. The molecule has 1 amide bonds. The van der Waals surface area contributed by atoms with Crippen molar-refractivity contribution in [2.24, 2.45) is 0 Å². The number of nitrogens with one attached hydrogen (secondary N) is 1. The number of thiol groups is 1. The zero-order chi connectivity index (χ0) is 9.23. The molecule has 4 heteroatoms. The van der Waals surface area contributed by atoms with Crippen LogP contribution in [0.25, 0.3) is 0 Å². The number of hydrogen-bond donors (Lipinski definition) is 2. The second-order valence-electron chi connectivity index (χ2n) is 2.64. The van der Waals surface area contributed by atoms with Gasteiger partial charge in [0, 0.05) is 25.4 Å². The van der Waals surface area contributed by atoms with E-state index in [1.165, 1.54) is 0 Å². The van der Waals surface area contributed by atoms with Gasteiger partial charge in [0.05, 0.1) is 0 Å². The van der Waals surface area contributed by atoms with Gasteiger partial charge < -0.3 is 10.2 Å². The molecule has 0 saturated carbocycles. The van der Waals surface area contributed by atoms with Gasteiger partial charge in [0.25, 0.3) is 0 Å². The van der Waals surface area contributed by atoms with Crippen LogP contribution in [0.1, 0.15) is 13.3 Å². The van der Waals surface area contributed by atoms with Crippen LogP contribution in [0.5, 0.6) is 0 Å². The first-order valence-corrected chi connectivity index (χ1v) is 4.98. The van der Waals surface area contributed by atoms with Gasteiger partial charge in [-0.25, -0.2) is 0 Å². The van der Waals surface area contributed by atoms with Crippen LogP contribution in [0.4, 0.5) is 0 Å². The van der Waals surface area contributed by atoms with E-state index in [2.05, 4.69) is 29.8 Å². The van der Waals surface area contributed by atoms with Gasteiger partial charge in [0.15, 0.2) is 0 Å². The minimum atomic E-state index is 0.733. The van der Waals surface area contributed by atoms with Crippen LogP contribution >= 0.6 is 12.6 Å². The van der Waals surface area contributed by atoms with Gasteiger partial charge in [-0.2, -0.15) is 12.6 Å². The number of hydrogen-bond acceptors (Lipinski definition) is 3. The van der Waals surface area contributed by atoms with Crippen LogP contribution in [-0.2, 0) is 4.79 Å². The summed E-state index contributed by atoms with van der Waals surface area (Å²) in [7, 11) is 0. The fourth-order valence-electron chi connectivity index (χ4n) is 1.07. The Bertz CT molecular complexity index is 105. The Balaban J connectivity index is 3.40. The largest absolute Gasteiger partial charge is 0.357 e. The van der Waals surface area contributed by atoms with Crippen LogP contribution in [0.3, 0.4) is 0 Å². The average Bonchev–Trinajstić information content (AvgIpc) is 2.06. The molecule has 0 aromatic heterocycles. The molecular weight excluding hydrogens is 172 g/mol. The number of nitrogens with zero attached hydrogens (tertiary/aromatic N) is 1. The van der Waals surface area contributed by atoms with Crippen LogP contribution in [0.2, 0.25) is 0 Å². The number of amides is 1. The highest BCUT2D eigenvalue weighted by Crippen LogP contribution is 1.90. The molecule has 1 N–H and O–H groups in total. The minimum Gasteiger partial charge on any atom is -0.357 e. The van der Waals surface area contributed by atoms with E-state index in [0.29, 0.717) is 0 Å². The molecule has 0 radical (unpaired) electrons. The summed E-state index contributed by atoms with van der Waals surface area (Å²) >= 11 is 4.17. The summed E-state index contributed by atoms with van der Waals surface area (Å²) in [4.78, 5) is 12.3. The molecule has 0 bridgehead atoms. The normalized spacial score (nSPS) is 10.2. The van der Waals surface area contributed by atoms with E-state index in [-0.39, 0.29) is 0 Å². The Morgan fingerprint density at radius 3 is 2.67 bits per heavy atom. The van der Waals surface area contributed by atoms with Crippen molar-refractivity contribution >= 4 is 19.0 Å². The minimum absolute atomic E-state index is 0.733. The zero-order valence-corrected chi connectivity index (χ0v) is 8.52. The van der Waals surface area contributed by atoms with Crippen LogP contribution in [-0.4, -0.2) is 43.2 Å². The first kappa shape index (κ1) is 11.8. The lowest BCUT2D eigenvalue weighted by atomic mass is 10.4. The number of rotatable bonds is 8. The van der Waals surface area contributed by atoms with Gasteiger partial charge in [-0.3, -0.25) is 4.79 Å². The van der Waals surface area contributed by atoms with Gasteiger partial charge in [-0.1, -0.05) is 6.92 Å². The first-order chi connectivity index (χ1) is 5.85. The SMILES string of the molecule is CCCN(CCS)CCNC=O. The Hall–Kier alpha value is -0.220. The lowest BCUT2D eigenvalue weighted by molar-refractivity contribution is -0.109. The third-order valence-electron chi connectivity index (χ3n) is 1.61. The molecule has 0 aliphatic carbocycles. The molecule has 0 aliphatic heterocycles. The van der Waals surface area contributed by atoms with Crippen molar-refractivity contribution in [3.8, 4) is 0 Å². The van der Waals surface area contributed by atoms with E-state index in [0.717, 1.165) is 44.8 Å². The van der Waals surface area contributed by atoms with Gasteiger partial charge in [-0.15, -0.1) is 0 Å². The van der Waals surface area contributed by atoms with Crippen LogP contribution in [0, 0.1) is 0 Å². The lowest BCUT2D eigenvalue weighted by Crippen LogP contribution is -2.33. The summed E-state index contributed by atoms with van der Waals surface area (Å²) in [5, 5.41) is 2.65. The topological polar surface area (TPSA) is 32.3 Å². The van der Waals surface area contributed by atoms with Gasteiger partial charge in [0.1, 0.15) is 0 Å². The van der Waals surface area contributed by atoms with Crippen LogP contribution < -0.4 is 5.32 Å². The quantitative estimate of drug-likeness (QED) is 0.329. The highest BCUT2D eigenvalue weighted by atomic mass is 32.1. The van der Waals surface area contributed by atoms with Crippen molar-refractivity contribution in [3.63, 3.8) is 0 Å². The Kier molecular flexibility index (Phi) is 8.71. The lowest BCUT2D eigenvalue weighted by Gasteiger charge is -2.19. The molecule has 0 unspecified atom stereocenters. The maximum absolute atomic E-state index is 9.96. The fourth-order valence-corrected chi connectivity index (χ4v) is 1.36. The Morgan fingerprint density at radius 1 is 1.42 bits per heavy atom. The van der Waals surface area contributed by atoms with Crippen LogP contribution in [0.15, 0.2) is 0 Å². The van der Waals surface area contributed by atoms with Gasteiger partial charge in [-0.05, 0) is 13.0 Å². The molecule has 0 atom stereocenters. The zero-order valence-electron chi connectivity index (χ0n) is 7.62. The predicted octanol–water partition coefficient (Wildman–Crippen LogP) is 0.374. The van der Waals surface area contributed by atoms with Crippen molar-refractivity contribution in [1.29, 1.82) is 0 Å². The first-order valence-electron chi connectivity index (χ1n) is 4.35. The molecule has 3 nitrogen and oxygen atoms in total. The molecule has 0 aromatic rings. The third-order valence-corrected chi connectivity index (χ3v) is 1.81. The van der Waals surface area contributed by atoms with E-state index in [1.807, 2.05) is 0 Å². The average molecular weight is 190 g/mol. The molecule has 0 spiro atoms. The highest BCUT2D eigenvalue weighted by Gasteiger charge is 2.00. The predicted molar refractivity (Wildman–Crippen MR) is 54.7 cm³/mol. The molecule has 0 heterocycles. The van der Waals surface area contributed by atoms with Crippen molar-refractivity contribution in [2.75, 3.05) is 31.9 Å². The van der Waals surface area contributed by atoms with Crippen molar-refractivity contribution in [2.45, 2.75) is 13.3 Å². The summed E-state index contributed by atoms with van der Waals surface area (Å²) in [6.07, 6.45) is 1.89. The summed E-state index contributed by atoms with van der Waals surface area (Å²) in [6.45, 7) is 5.89. The fraction of sp³-hybridized carbons (Fsp3) is 0.875. The molecule has 0 aliphatic rings. The molecule has 0 fully saturated rings. The molecular formula is C8H18N2OS. The summed E-state index contributed by atoms with van der Waals surface area (Å²) in [5.41, 5.74) is 0. The standard InChI is InChI=1S/C8H18N2OS/c1-2-4-10(6-7-12)5-3-9-8-11/h8,12H,2-7H2,1H3,(H,9,11). The maximum atomic E-state index is 9.96. The van der Waals surface area contributed by atoms with Gasteiger partial charge in [0.2, 0.25) is 6.41 Å². The Labute approximate surface area is 79.9 Å². The molecule has 12 heavy (non-hydrogen) atoms. The maximum Gasteiger partial charge on any atom is 0.207 e. The van der Waals surface area contributed by atoms with E-state index in [1.54, 1.807) is 0 Å².